The maximum atomic E-state index is 11.5. The Bertz CT molecular complexity index is 319. The van der Waals surface area contributed by atoms with Crippen molar-refractivity contribution in [2.75, 3.05) is 26.7 Å². The third kappa shape index (κ3) is 3.16. The van der Waals surface area contributed by atoms with Gasteiger partial charge in [-0.3, -0.25) is 0 Å². The van der Waals surface area contributed by atoms with Gasteiger partial charge < -0.3 is 5.32 Å². The van der Waals surface area contributed by atoms with Crippen molar-refractivity contribution < 1.29 is 8.42 Å². The molecular weight excluding hydrogens is 226 g/mol. The second-order valence-electron chi connectivity index (χ2n) is 4.73. The molecule has 2 rings (SSSR count). The van der Waals surface area contributed by atoms with Crippen LogP contribution in [0.5, 0.6) is 0 Å². The average Bonchev–Trinajstić information content (AvgIpc) is 3.11. The van der Waals surface area contributed by atoms with Gasteiger partial charge in [0.15, 0.2) is 0 Å². The molecule has 0 spiro atoms. The minimum atomic E-state index is -3.21. The molecule has 1 aliphatic carbocycles. The standard InChI is InChI=1S/C10H21N3O2S/c1-11-16(14,15)13-6-4-10(5-7-13)12-8-9-2-3-9/h9-12H,2-8H2,1H3. The summed E-state index contributed by atoms with van der Waals surface area (Å²) in [5, 5.41) is 3.53. The van der Waals surface area contributed by atoms with Gasteiger partial charge in [-0.05, 0) is 38.1 Å². The molecule has 16 heavy (non-hydrogen) atoms. The zero-order valence-corrected chi connectivity index (χ0v) is 10.6. The highest BCUT2D eigenvalue weighted by Crippen LogP contribution is 2.28. The Kier molecular flexibility index (Phi) is 3.84. The van der Waals surface area contributed by atoms with Crippen LogP contribution >= 0.6 is 0 Å². The lowest BCUT2D eigenvalue weighted by Crippen LogP contribution is -2.48. The molecule has 0 unspecified atom stereocenters. The number of hydrogen-bond acceptors (Lipinski definition) is 3. The number of rotatable bonds is 5. The molecule has 1 saturated heterocycles. The molecule has 6 heteroatoms. The Balaban J connectivity index is 1.73. The van der Waals surface area contributed by atoms with E-state index in [4.69, 9.17) is 0 Å². The van der Waals surface area contributed by atoms with E-state index in [9.17, 15) is 8.42 Å². The van der Waals surface area contributed by atoms with Crippen LogP contribution in [0, 0.1) is 5.92 Å². The Morgan fingerprint density at radius 1 is 1.19 bits per heavy atom. The minimum Gasteiger partial charge on any atom is -0.314 e. The van der Waals surface area contributed by atoms with E-state index < -0.39 is 10.2 Å². The fourth-order valence-corrected chi connectivity index (χ4v) is 3.03. The van der Waals surface area contributed by atoms with Gasteiger partial charge >= 0.3 is 0 Å². The first-order valence-electron chi connectivity index (χ1n) is 6.04. The Morgan fingerprint density at radius 2 is 1.81 bits per heavy atom. The van der Waals surface area contributed by atoms with Crippen LogP contribution in [-0.2, 0) is 10.2 Å². The van der Waals surface area contributed by atoms with Gasteiger partial charge in [-0.25, -0.2) is 4.72 Å². The Morgan fingerprint density at radius 3 is 2.31 bits per heavy atom. The predicted octanol–water partition coefficient (Wildman–Crippen LogP) is -0.0854. The second-order valence-corrected chi connectivity index (χ2v) is 6.61. The van der Waals surface area contributed by atoms with E-state index >= 15 is 0 Å². The topological polar surface area (TPSA) is 61.4 Å². The highest BCUT2D eigenvalue weighted by molar-refractivity contribution is 7.87. The fourth-order valence-electron chi connectivity index (χ4n) is 2.08. The molecule has 0 atom stereocenters. The van der Waals surface area contributed by atoms with Crippen LogP contribution in [0.3, 0.4) is 0 Å². The van der Waals surface area contributed by atoms with Gasteiger partial charge in [-0.1, -0.05) is 0 Å². The van der Waals surface area contributed by atoms with Gasteiger partial charge in [-0.2, -0.15) is 12.7 Å². The smallest absolute Gasteiger partial charge is 0.279 e. The van der Waals surface area contributed by atoms with Crippen molar-refractivity contribution in [2.24, 2.45) is 5.92 Å². The molecule has 0 aromatic rings. The summed E-state index contributed by atoms with van der Waals surface area (Å²) >= 11 is 0. The van der Waals surface area contributed by atoms with Crippen LogP contribution in [0.15, 0.2) is 0 Å². The first kappa shape index (κ1) is 12.3. The van der Waals surface area contributed by atoms with Gasteiger partial charge in [0.2, 0.25) is 0 Å². The second kappa shape index (κ2) is 5.00. The molecule has 0 amide bonds. The van der Waals surface area contributed by atoms with Gasteiger partial charge in [0.05, 0.1) is 0 Å². The van der Waals surface area contributed by atoms with E-state index in [1.54, 1.807) is 0 Å². The molecule has 0 radical (unpaired) electrons. The number of nitrogens with one attached hydrogen (secondary N) is 2. The first-order valence-corrected chi connectivity index (χ1v) is 7.48. The summed E-state index contributed by atoms with van der Waals surface area (Å²) in [5.41, 5.74) is 0. The van der Waals surface area contributed by atoms with E-state index in [1.807, 2.05) is 0 Å². The molecule has 2 fully saturated rings. The van der Waals surface area contributed by atoms with Crippen LogP contribution in [-0.4, -0.2) is 45.4 Å². The predicted molar refractivity (Wildman–Crippen MR) is 63.3 cm³/mol. The molecule has 1 aliphatic heterocycles. The lowest BCUT2D eigenvalue weighted by Gasteiger charge is -2.31. The molecule has 0 aromatic carbocycles. The normalized spacial score (nSPS) is 24.8. The van der Waals surface area contributed by atoms with Crippen molar-refractivity contribution in [3.63, 3.8) is 0 Å². The maximum absolute atomic E-state index is 11.5. The number of hydrogen-bond donors (Lipinski definition) is 2. The monoisotopic (exact) mass is 247 g/mol. The molecule has 0 bridgehead atoms. The van der Waals surface area contributed by atoms with Crippen molar-refractivity contribution in [1.29, 1.82) is 0 Å². The van der Waals surface area contributed by atoms with Crippen LogP contribution < -0.4 is 10.0 Å². The van der Waals surface area contributed by atoms with Crippen LogP contribution in [0.25, 0.3) is 0 Å². The van der Waals surface area contributed by atoms with Gasteiger partial charge in [0.25, 0.3) is 10.2 Å². The highest BCUT2D eigenvalue weighted by atomic mass is 32.2. The molecule has 5 nitrogen and oxygen atoms in total. The summed E-state index contributed by atoms with van der Waals surface area (Å²) in [6.45, 7) is 2.38. The summed E-state index contributed by atoms with van der Waals surface area (Å²) < 4.78 is 27.0. The fraction of sp³-hybridized carbons (Fsp3) is 1.00. The minimum absolute atomic E-state index is 0.504. The Labute approximate surface area is 97.8 Å². The van der Waals surface area contributed by atoms with Crippen molar-refractivity contribution in [3.05, 3.63) is 0 Å². The van der Waals surface area contributed by atoms with E-state index in [0.717, 1.165) is 25.3 Å². The summed E-state index contributed by atoms with van der Waals surface area (Å²) in [6.07, 6.45) is 4.57. The van der Waals surface area contributed by atoms with Gasteiger partial charge in [0, 0.05) is 26.2 Å². The quantitative estimate of drug-likeness (QED) is 0.714. The SMILES string of the molecule is CNS(=O)(=O)N1CCC(NCC2CC2)CC1. The number of nitrogens with zero attached hydrogens (tertiary/aromatic N) is 1. The summed E-state index contributed by atoms with van der Waals surface area (Å²) in [6, 6.07) is 0.504. The van der Waals surface area contributed by atoms with E-state index in [1.165, 1.54) is 24.2 Å². The van der Waals surface area contributed by atoms with Crippen molar-refractivity contribution in [3.8, 4) is 0 Å². The van der Waals surface area contributed by atoms with Gasteiger partial charge in [0.1, 0.15) is 0 Å². The first-order chi connectivity index (χ1) is 7.62. The molecule has 0 aromatic heterocycles. The van der Waals surface area contributed by atoms with Crippen LogP contribution in [0.1, 0.15) is 25.7 Å². The lowest BCUT2D eigenvalue weighted by atomic mass is 10.1. The summed E-state index contributed by atoms with van der Waals surface area (Å²) in [5.74, 6) is 0.888. The average molecular weight is 247 g/mol. The summed E-state index contributed by atoms with van der Waals surface area (Å²) in [4.78, 5) is 0. The zero-order chi connectivity index (χ0) is 11.6. The van der Waals surface area contributed by atoms with Crippen molar-refractivity contribution >= 4 is 10.2 Å². The Hall–Kier alpha value is -0.170. The molecule has 94 valence electrons. The number of piperidine rings is 1. The largest absolute Gasteiger partial charge is 0.314 e. The maximum Gasteiger partial charge on any atom is 0.279 e. The molecule has 2 N–H and O–H groups in total. The third-order valence-electron chi connectivity index (χ3n) is 3.44. The van der Waals surface area contributed by atoms with E-state index in [0.29, 0.717) is 19.1 Å². The van der Waals surface area contributed by atoms with E-state index in [2.05, 4.69) is 10.0 Å². The van der Waals surface area contributed by atoms with Crippen molar-refractivity contribution in [1.82, 2.24) is 14.3 Å². The lowest BCUT2D eigenvalue weighted by molar-refractivity contribution is 0.286. The molecule has 2 aliphatic rings. The molecule has 1 saturated carbocycles. The zero-order valence-electron chi connectivity index (χ0n) is 9.78. The summed E-state index contributed by atoms with van der Waals surface area (Å²) in [7, 11) is -1.74. The molecule has 1 heterocycles. The van der Waals surface area contributed by atoms with E-state index in [-0.39, 0.29) is 0 Å². The van der Waals surface area contributed by atoms with Crippen LogP contribution in [0.2, 0.25) is 0 Å². The van der Waals surface area contributed by atoms with Gasteiger partial charge in [-0.15, -0.1) is 0 Å². The third-order valence-corrected chi connectivity index (χ3v) is 5.00. The molecular formula is C10H21N3O2S. The van der Waals surface area contributed by atoms with Crippen molar-refractivity contribution in [2.45, 2.75) is 31.7 Å². The van der Waals surface area contributed by atoms with Crippen LogP contribution in [0.4, 0.5) is 0 Å². The highest BCUT2D eigenvalue weighted by Gasteiger charge is 2.28.